The Morgan fingerprint density at radius 2 is 2.00 bits per heavy atom. The van der Waals surface area contributed by atoms with Crippen molar-refractivity contribution in [2.45, 2.75) is 51.1 Å². The Hall–Kier alpha value is -2.21. The van der Waals surface area contributed by atoms with Crippen LogP contribution in [0.15, 0.2) is 18.2 Å². The van der Waals surface area contributed by atoms with Crippen molar-refractivity contribution >= 4 is 17.7 Å². The molecule has 3 rings (SSSR count). The van der Waals surface area contributed by atoms with Gasteiger partial charge in [-0.2, -0.15) is 0 Å². The van der Waals surface area contributed by atoms with Gasteiger partial charge in [0, 0.05) is 25.1 Å². The Labute approximate surface area is 140 Å². The molecule has 0 aromatic heterocycles. The van der Waals surface area contributed by atoms with Crippen LogP contribution >= 0.6 is 0 Å². The molecule has 2 N–H and O–H groups in total. The molecule has 2 heterocycles. The summed E-state index contributed by atoms with van der Waals surface area (Å²) in [6.45, 7) is 0.643. The topological polar surface area (TPSA) is 86.7 Å². The highest BCUT2D eigenvalue weighted by molar-refractivity contribution is 6.05. The first-order chi connectivity index (χ1) is 11.6. The quantitative estimate of drug-likeness (QED) is 0.605. The van der Waals surface area contributed by atoms with Crippen LogP contribution in [-0.4, -0.2) is 40.4 Å². The maximum Gasteiger partial charge on any atom is 0.255 e. The second-order valence-corrected chi connectivity index (χ2v) is 6.43. The third-order valence-corrected chi connectivity index (χ3v) is 4.71. The summed E-state index contributed by atoms with van der Waals surface area (Å²) in [6.07, 6.45) is 4.37. The number of carbonyl (C=O) groups excluding carboxylic acids is 3. The Morgan fingerprint density at radius 3 is 2.75 bits per heavy atom. The molecule has 1 unspecified atom stereocenters. The Kier molecular flexibility index (Phi) is 4.94. The maximum absolute atomic E-state index is 12.6. The number of benzene rings is 1. The fourth-order valence-electron chi connectivity index (χ4n) is 3.40. The van der Waals surface area contributed by atoms with Crippen molar-refractivity contribution in [3.63, 3.8) is 0 Å². The molecule has 0 spiro atoms. The van der Waals surface area contributed by atoms with E-state index in [4.69, 9.17) is 5.11 Å². The van der Waals surface area contributed by atoms with Crippen molar-refractivity contribution in [1.82, 2.24) is 10.2 Å². The van der Waals surface area contributed by atoms with Crippen LogP contribution in [0.2, 0.25) is 0 Å². The number of aliphatic hydroxyl groups excluding tert-OH is 1. The molecule has 128 valence electrons. The lowest BCUT2D eigenvalue weighted by molar-refractivity contribution is -0.136. The fraction of sp³-hybridized carbons (Fsp3) is 0.500. The molecule has 6 heteroatoms. The van der Waals surface area contributed by atoms with Crippen molar-refractivity contribution in [3.8, 4) is 0 Å². The van der Waals surface area contributed by atoms with Gasteiger partial charge in [0.15, 0.2) is 0 Å². The van der Waals surface area contributed by atoms with E-state index >= 15 is 0 Å². The van der Waals surface area contributed by atoms with Gasteiger partial charge in [-0.15, -0.1) is 0 Å². The van der Waals surface area contributed by atoms with E-state index in [1.54, 1.807) is 4.90 Å². The van der Waals surface area contributed by atoms with E-state index in [-0.39, 0.29) is 30.7 Å². The number of nitrogens with one attached hydrogen (secondary N) is 1. The number of carbonyl (C=O) groups is 3. The minimum absolute atomic E-state index is 0.133. The molecule has 3 amide bonds. The van der Waals surface area contributed by atoms with Gasteiger partial charge >= 0.3 is 0 Å². The first-order valence-electron chi connectivity index (χ1n) is 8.47. The van der Waals surface area contributed by atoms with Gasteiger partial charge in [-0.3, -0.25) is 19.7 Å². The van der Waals surface area contributed by atoms with Gasteiger partial charge in [0.2, 0.25) is 11.8 Å². The summed E-state index contributed by atoms with van der Waals surface area (Å²) in [7, 11) is 0. The second-order valence-electron chi connectivity index (χ2n) is 6.43. The number of hydrogen-bond acceptors (Lipinski definition) is 4. The van der Waals surface area contributed by atoms with E-state index in [1.165, 1.54) is 5.56 Å². The normalized spacial score (nSPS) is 20.3. The van der Waals surface area contributed by atoms with E-state index in [2.05, 4.69) is 5.32 Å². The van der Waals surface area contributed by atoms with Gasteiger partial charge in [-0.1, -0.05) is 18.6 Å². The lowest BCUT2D eigenvalue weighted by atomic mass is 10.0. The first kappa shape index (κ1) is 16.6. The zero-order valence-electron chi connectivity index (χ0n) is 13.6. The number of piperidine rings is 1. The summed E-state index contributed by atoms with van der Waals surface area (Å²) in [5.41, 5.74) is 2.77. The molecular weight excluding hydrogens is 308 g/mol. The van der Waals surface area contributed by atoms with Crippen LogP contribution in [0.5, 0.6) is 0 Å². The SMILES string of the molecule is O=C1CCC(N2Cc3cc(CCCCCO)ccc3C2=O)C(=O)N1. The van der Waals surface area contributed by atoms with Crippen molar-refractivity contribution in [2.24, 2.45) is 0 Å². The number of hydrogen-bond donors (Lipinski definition) is 2. The van der Waals surface area contributed by atoms with E-state index < -0.39 is 6.04 Å². The predicted octanol–water partition coefficient (Wildman–Crippen LogP) is 1.15. The van der Waals surface area contributed by atoms with Crippen molar-refractivity contribution in [3.05, 3.63) is 34.9 Å². The van der Waals surface area contributed by atoms with Crippen LogP contribution in [0.1, 0.15) is 53.6 Å². The van der Waals surface area contributed by atoms with E-state index in [1.807, 2.05) is 18.2 Å². The van der Waals surface area contributed by atoms with Gasteiger partial charge in [0.1, 0.15) is 6.04 Å². The predicted molar refractivity (Wildman–Crippen MR) is 87.1 cm³/mol. The van der Waals surface area contributed by atoms with Gasteiger partial charge < -0.3 is 10.0 Å². The third kappa shape index (κ3) is 3.33. The molecule has 24 heavy (non-hydrogen) atoms. The number of fused-ring (bicyclic) bond motifs is 1. The standard InChI is InChI=1S/C18H22N2O4/c21-9-3-1-2-4-12-5-6-14-13(10-12)11-20(18(14)24)15-7-8-16(22)19-17(15)23/h5-6,10,15,21H,1-4,7-9,11H2,(H,19,22,23). The van der Waals surface area contributed by atoms with Crippen LogP contribution in [0.25, 0.3) is 0 Å². The fourth-order valence-corrected chi connectivity index (χ4v) is 3.40. The summed E-state index contributed by atoms with van der Waals surface area (Å²) < 4.78 is 0. The van der Waals surface area contributed by atoms with E-state index in [0.717, 1.165) is 31.2 Å². The molecule has 1 atom stereocenters. The summed E-state index contributed by atoms with van der Waals surface area (Å²) in [6, 6.07) is 5.28. The molecule has 0 radical (unpaired) electrons. The number of aryl methyl sites for hydroxylation is 1. The highest BCUT2D eigenvalue weighted by atomic mass is 16.3. The number of rotatable bonds is 6. The lowest BCUT2D eigenvalue weighted by Crippen LogP contribution is -2.52. The van der Waals surface area contributed by atoms with Crippen LogP contribution in [0.4, 0.5) is 0 Å². The molecule has 6 nitrogen and oxygen atoms in total. The summed E-state index contributed by atoms with van der Waals surface area (Å²) in [5.74, 6) is -0.784. The average Bonchev–Trinajstić information content (AvgIpc) is 2.88. The molecule has 1 aromatic carbocycles. The Morgan fingerprint density at radius 1 is 1.17 bits per heavy atom. The number of aliphatic hydroxyl groups is 1. The first-order valence-corrected chi connectivity index (χ1v) is 8.47. The average molecular weight is 330 g/mol. The molecular formula is C18H22N2O4. The Bertz CT molecular complexity index is 671. The molecule has 0 saturated carbocycles. The lowest BCUT2D eigenvalue weighted by Gasteiger charge is -2.29. The largest absolute Gasteiger partial charge is 0.396 e. The summed E-state index contributed by atoms with van der Waals surface area (Å²) >= 11 is 0. The number of nitrogens with zero attached hydrogens (tertiary/aromatic N) is 1. The highest BCUT2D eigenvalue weighted by Crippen LogP contribution is 2.28. The summed E-state index contributed by atoms with van der Waals surface area (Å²) in [4.78, 5) is 37.4. The van der Waals surface area contributed by atoms with Gasteiger partial charge in [0.05, 0.1) is 0 Å². The zero-order chi connectivity index (χ0) is 17.1. The molecule has 2 aliphatic heterocycles. The molecule has 0 bridgehead atoms. The molecule has 1 saturated heterocycles. The highest BCUT2D eigenvalue weighted by Gasteiger charge is 2.38. The van der Waals surface area contributed by atoms with Crippen molar-refractivity contribution < 1.29 is 19.5 Å². The molecule has 0 aliphatic carbocycles. The minimum atomic E-state index is -0.560. The van der Waals surface area contributed by atoms with Gasteiger partial charge in [-0.25, -0.2) is 0 Å². The van der Waals surface area contributed by atoms with Crippen molar-refractivity contribution in [1.29, 1.82) is 0 Å². The number of unbranched alkanes of at least 4 members (excludes halogenated alkanes) is 2. The smallest absolute Gasteiger partial charge is 0.255 e. The van der Waals surface area contributed by atoms with Crippen LogP contribution in [0.3, 0.4) is 0 Å². The molecule has 1 aromatic rings. The monoisotopic (exact) mass is 330 g/mol. The van der Waals surface area contributed by atoms with E-state index in [0.29, 0.717) is 18.5 Å². The third-order valence-electron chi connectivity index (χ3n) is 4.71. The van der Waals surface area contributed by atoms with Crippen molar-refractivity contribution in [2.75, 3.05) is 6.61 Å². The Balaban J connectivity index is 1.68. The van der Waals surface area contributed by atoms with Crippen LogP contribution in [-0.2, 0) is 22.6 Å². The van der Waals surface area contributed by atoms with Gasteiger partial charge in [-0.05, 0) is 42.9 Å². The maximum atomic E-state index is 12.6. The van der Waals surface area contributed by atoms with Crippen LogP contribution < -0.4 is 5.32 Å². The molecule has 2 aliphatic rings. The second kappa shape index (κ2) is 7.13. The zero-order valence-corrected chi connectivity index (χ0v) is 13.6. The summed E-state index contributed by atoms with van der Waals surface area (Å²) in [5, 5.41) is 11.1. The molecule has 1 fully saturated rings. The minimum Gasteiger partial charge on any atom is -0.396 e. The number of imide groups is 1. The van der Waals surface area contributed by atoms with E-state index in [9.17, 15) is 14.4 Å². The van der Waals surface area contributed by atoms with Crippen LogP contribution in [0, 0.1) is 0 Å². The van der Waals surface area contributed by atoms with Gasteiger partial charge in [0.25, 0.3) is 5.91 Å². The number of amides is 3.